The summed E-state index contributed by atoms with van der Waals surface area (Å²) >= 11 is 0. The molecule has 5 nitrogen and oxygen atoms in total. The molecule has 0 unspecified atom stereocenters. The first kappa shape index (κ1) is 7.74. The summed E-state index contributed by atoms with van der Waals surface area (Å²) in [7, 11) is 0. The van der Waals surface area contributed by atoms with Gasteiger partial charge in [-0.05, 0) is 0 Å². The zero-order valence-corrected chi connectivity index (χ0v) is 6.00. The molecule has 0 aliphatic carbocycles. The molecule has 0 bridgehead atoms. The van der Waals surface area contributed by atoms with Gasteiger partial charge >= 0.3 is 0 Å². The monoisotopic (exact) mass is 154 g/mol. The highest BCUT2D eigenvalue weighted by atomic mass is 16.1. The molecular weight excluding hydrogens is 144 g/mol. The Kier molecular flexibility index (Phi) is 2.62. The molecule has 0 aromatic carbocycles. The van der Waals surface area contributed by atoms with Crippen LogP contribution in [-0.2, 0) is 11.3 Å². The average molecular weight is 154 g/mol. The molecule has 0 spiro atoms. The van der Waals surface area contributed by atoms with Gasteiger partial charge in [0.25, 0.3) is 0 Å². The molecule has 11 heavy (non-hydrogen) atoms. The number of carbonyl (C=O) groups is 1. The molecule has 4 N–H and O–H groups in total. The van der Waals surface area contributed by atoms with Crippen molar-refractivity contribution >= 4 is 5.91 Å². The summed E-state index contributed by atoms with van der Waals surface area (Å²) in [5.41, 5.74) is 5.91. The summed E-state index contributed by atoms with van der Waals surface area (Å²) in [5.74, 6) is -0.353. The third-order valence-corrected chi connectivity index (χ3v) is 1.18. The Morgan fingerprint density at radius 1 is 1.82 bits per heavy atom. The first-order valence-electron chi connectivity index (χ1n) is 3.25. The van der Waals surface area contributed by atoms with E-state index in [9.17, 15) is 4.79 Å². The van der Waals surface area contributed by atoms with Crippen molar-refractivity contribution in [2.45, 2.75) is 6.54 Å². The van der Waals surface area contributed by atoms with Crippen LogP contribution in [0.1, 0.15) is 5.56 Å². The van der Waals surface area contributed by atoms with Crippen molar-refractivity contribution in [1.29, 1.82) is 0 Å². The van der Waals surface area contributed by atoms with Crippen LogP contribution in [0, 0.1) is 0 Å². The second kappa shape index (κ2) is 3.72. The maximum Gasteiger partial charge on any atom is 0.231 e. The molecule has 1 rings (SSSR count). The number of hydrogen-bond donors (Lipinski definition) is 3. The summed E-state index contributed by atoms with van der Waals surface area (Å²) in [5, 5.41) is 9.25. The number of nitrogens with two attached hydrogens (primary N) is 1. The van der Waals surface area contributed by atoms with Crippen LogP contribution in [0.3, 0.4) is 0 Å². The molecule has 0 saturated carbocycles. The lowest BCUT2D eigenvalue weighted by Gasteiger charge is -1.96. The number of aromatic nitrogens is 2. The fourth-order valence-electron chi connectivity index (χ4n) is 0.704. The topological polar surface area (TPSA) is 83.8 Å². The smallest absolute Gasteiger partial charge is 0.231 e. The SMILES string of the molecule is NC(=O)CNCc1cn[nH]c1. The zero-order chi connectivity index (χ0) is 8.10. The van der Waals surface area contributed by atoms with Gasteiger partial charge in [-0.25, -0.2) is 0 Å². The van der Waals surface area contributed by atoms with Crippen LogP contribution in [0.2, 0.25) is 0 Å². The average Bonchev–Trinajstić information content (AvgIpc) is 2.39. The van der Waals surface area contributed by atoms with E-state index >= 15 is 0 Å². The zero-order valence-electron chi connectivity index (χ0n) is 6.00. The van der Waals surface area contributed by atoms with E-state index in [0.29, 0.717) is 6.54 Å². The molecule has 1 aromatic rings. The van der Waals surface area contributed by atoms with Crippen molar-refractivity contribution in [1.82, 2.24) is 15.5 Å². The van der Waals surface area contributed by atoms with Gasteiger partial charge in [0.05, 0.1) is 12.7 Å². The largest absolute Gasteiger partial charge is 0.369 e. The molecule has 60 valence electrons. The lowest BCUT2D eigenvalue weighted by Crippen LogP contribution is -2.27. The maximum absolute atomic E-state index is 10.3. The lowest BCUT2D eigenvalue weighted by atomic mass is 10.3. The molecular formula is C6H10N4O. The number of H-pyrrole nitrogens is 1. The van der Waals surface area contributed by atoms with Gasteiger partial charge in [-0.1, -0.05) is 0 Å². The number of primary amides is 1. The van der Waals surface area contributed by atoms with Gasteiger partial charge in [0.2, 0.25) is 5.91 Å². The highest BCUT2D eigenvalue weighted by Gasteiger charge is 1.94. The Morgan fingerprint density at radius 3 is 3.18 bits per heavy atom. The Labute approximate surface area is 64.0 Å². The Hall–Kier alpha value is -1.36. The number of carbonyl (C=O) groups excluding carboxylic acids is 1. The highest BCUT2D eigenvalue weighted by Crippen LogP contribution is 1.90. The van der Waals surface area contributed by atoms with Crippen molar-refractivity contribution in [2.24, 2.45) is 5.73 Å². The van der Waals surface area contributed by atoms with Crippen LogP contribution >= 0.6 is 0 Å². The third kappa shape index (κ3) is 2.81. The number of amides is 1. The number of hydrogen-bond acceptors (Lipinski definition) is 3. The van der Waals surface area contributed by atoms with Crippen LogP contribution in [-0.4, -0.2) is 22.6 Å². The molecule has 1 aromatic heterocycles. The minimum atomic E-state index is -0.353. The van der Waals surface area contributed by atoms with Crippen molar-refractivity contribution in [3.63, 3.8) is 0 Å². The summed E-state index contributed by atoms with van der Waals surface area (Å²) in [4.78, 5) is 10.3. The normalized spacial score (nSPS) is 9.82. The van der Waals surface area contributed by atoms with Gasteiger partial charge < -0.3 is 11.1 Å². The molecule has 1 heterocycles. The summed E-state index contributed by atoms with van der Waals surface area (Å²) in [6.45, 7) is 0.810. The van der Waals surface area contributed by atoms with Crippen LogP contribution in [0.4, 0.5) is 0 Å². The molecule has 0 aliphatic rings. The standard InChI is InChI=1S/C6H10N4O/c7-6(11)4-8-1-5-2-9-10-3-5/h2-3,8H,1,4H2,(H2,7,11)(H,9,10). The summed E-state index contributed by atoms with van der Waals surface area (Å²) < 4.78 is 0. The summed E-state index contributed by atoms with van der Waals surface area (Å²) in [6, 6.07) is 0. The van der Waals surface area contributed by atoms with Gasteiger partial charge in [-0.2, -0.15) is 5.10 Å². The first-order valence-corrected chi connectivity index (χ1v) is 3.25. The molecule has 0 fully saturated rings. The van der Waals surface area contributed by atoms with E-state index in [1.54, 1.807) is 12.4 Å². The second-order valence-corrected chi connectivity index (χ2v) is 2.18. The van der Waals surface area contributed by atoms with Gasteiger partial charge in [-0.3, -0.25) is 9.89 Å². The maximum atomic E-state index is 10.3. The van der Waals surface area contributed by atoms with Crippen LogP contribution in [0.15, 0.2) is 12.4 Å². The lowest BCUT2D eigenvalue weighted by molar-refractivity contribution is -0.117. The van der Waals surface area contributed by atoms with Crippen LogP contribution in [0.5, 0.6) is 0 Å². The van der Waals surface area contributed by atoms with Gasteiger partial charge in [0, 0.05) is 18.3 Å². The minimum absolute atomic E-state index is 0.200. The van der Waals surface area contributed by atoms with Crippen molar-refractivity contribution in [3.8, 4) is 0 Å². The molecule has 0 saturated heterocycles. The molecule has 0 atom stereocenters. The van der Waals surface area contributed by atoms with Gasteiger partial charge in [-0.15, -0.1) is 0 Å². The van der Waals surface area contributed by atoms with E-state index in [1.807, 2.05) is 0 Å². The van der Waals surface area contributed by atoms with Crippen LogP contribution in [0.25, 0.3) is 0 Å². The highest BCUT2D eigenvalue weighted by molar-refractivity contribution is 5.75. The van der Waals surface area contributed by atoms with E-state index in [-0.39, 0.29) is 12.5 Å². The van der Waals surface area contributed by atoms with Gasteiger partial charge in [0.1, 0.15) is 0 Å². The van der Waals surface area contributed by atoms with Crippen LogP contribution < -0.4 is 11.1 Å². The number of rotatable bonds is 4. The Bertz CT molecular complexity index is 218. The van der Waals surface area contributed by atoms with E-state index < -0.39 is 0 Å². The molecule has 0 radical (unpaired) electrons. The molecule has 1 amide bonds. The van der Waals surface area contributed by atoms with E-state index in [0.717, 1.165) is 5.56 Å². The number of nitrogens with one attached hydrogen (secondary N) is 2. The summed E-state index contributed by atoms with van der Waals surface area (Å²) in [6.07, 6.45) is 3.45. The fraction of sp³-hybridized carbons (Fsp3) is 0.333. The fourth-order valence-corrected chi connectivity index (χ4v) is 0.704. The van der Waals surface area contributed by atoms with Crippen molar-refractivity contribution in [3.05, 3.63) is 18.0 Å². The molecule has 0 aliphatic heterocycles. The number of aromatic amines is 1. The quantitative estimate of drug-likeness (QED) is 0.519. The van der Waals surface area contributed by atoms with Gasteiger partial charge in [0.15, 0.2) is 0 Å². The number of nitrogens with zero attached hydrogens (tertiary/aromatic N) is 1. The predicted molar refractivity (Wildman–Crippen MR) is 39.5 cm³/mol. The van der Waals surface area contributed by atoms with Crippen molar-refractivity contribution < 1.29 is 4.79 Å². The van der Waals surface area contributed by atoms with Crippen molar-refractivity contribution in [2.75, 3.05) is 6.54 Å². The van der Waals surface area contributed by atoms with E-state index in [1.165, 1.54) is 0 Å². The Morgan fingerprint density at radius 2 is 2.64 bits per heavy atom. The minimum Gasteiger partial charge on any atom is -0.369 e. The Balaban J connectivity index is 2.19. The molecule has 5 heteroatoms. The third-order valence-electron chi connectivity index (χ3n) is 1.18. The predicted octanol–water partition coefficient (Wildman–Crippen LogP) is -1.02. The second-order valence-electron chi connectivity index (χ2n) is 2.18. The van der Waals surface area contributed by atoms with E-state index in [2.05, 4.69) is 15.5 Å². The first-order chi connectivity index (χ1) is 5.29. The van der Waals surface area contributed by atoms with E-state index in [4.69, 9.17) is 5.73 Å².